The van der Waals surface area contributed by atoms with E-state index in [4.69, 9.17) is 22.6 Å². The van der Waals surface area contributed by atoms with E-state index in [-0.39, 0.29) is 19.1 Å². The van der Waals surface area contributed by atoms with Crippen molar-refractivity contribution in [3.63, 3.8) is 0 Å². The lowest BCUT2D eigenvalue weighted by atomic mass is 9.92. The molecule has 0 atom stereocenters. The highest BCUT2D eigenvalue weighted by atomic mass is 79.9. The van der Waals surface area contributed by atoms with Gasteiger partial charge in [-0.3, -0.25) is 0 Å². The second kappa shape index (κ2) is 19.6. The molecular formula is C31H32Br2F2N4O2S2. The lowest BCUT2D eigenvalue weighted by Crippen LogP contribution is -2.30. The summed E-state index contributed by atoms with van der Waals surface area (Å²) in [7, 11) is 0. The first kappa shape index (κ1) is 36.6. The van der Waals surface area contributed by atoms with Crippen LogP contribution in [0.15, 0.2) is 59.3 Å². The van der Waals surface area contributed by atoms with Crippen LogP contribution in [0.5, 0.6) is 0 Å². The third-order valence-corrected chi connectivity index (χ3v) is 8.44. The smallest absolute Gasteiger partial charge is 0.287 e. The van der Waals surface area contributed by atoms with E-state index in [0.29, 0.717) is 32.6 Å². The third kappa shape index (κ3) is 11.5. The quantitative estimate of drug-likeness (QED) is 0.102. The predicted molar refractivity (Wildman–Crippen MR) is 179 cm³/mol. The summed E-state index contributed by atoms with van der Waals surface area (Å²) in [5.41, 5.74) is 2.82. The largest absolute Gasteiger partial charge is 0.381 e. The lowest BCUT2D eigenvalue weighted by Gasteiger charge is -2.24. The van der Waals surface area contributed by atoms with Gasteiger partial charge in [0.05, 0.1) is 50.7 Å². The number of ether oxygens (including phenoxy) is 2. The minimum absolute atomic E-state index is 0. The Hall–Kier alpha value is -2.58. The Bertz CT molecular complexity index is 1440. The van der Waals surface area contributed by atoms with Crippen molar-refractivity contribution in [2.24, 2.45) is 0 Å². The molecule has 12 heteroatoms. The zero-order valence-electron chi connectivity index (χ0n) is 22.6. The maximum Gasteiger partial charge on any atom is 0.287 e. The Balaban J connectivity index is 0.000000249. The molecule has 0 radical (unpaired) electrons. The maximum atomic E-state index is 12.9. The summed E-state index contributed by atoms with van der Waals surface area (Å²) in [6.07, 6.45) is 1.37. The summed E-state index contributed by atoms with van der Waals surface area (Å²) < 4.78 is 36.0. The van der Waals surface area contributed by atoms with Crippen molar-refractivity contribution in [3.8, 4) is 22.5 Å². The predicted octanol–water partition coefficient (Wildman–Crippen LogP) is 9.67. The zero-order chi connectivity index (χ0) is 30.2. The molecule has 1 aliphatic heterocycles. The average Bonchev–Trinajstić information content (AvgIpc) is 3.71. The fourth-order valence-electron chi connectivity index (χ4n) is 3.74. The van der Waals surface area contributed by atoms with Gasteiger partial charge in [0.2, 0.25) is 0 Å². The van der Waals surface area contributed by atoms with Crippen LogP contribution in [0.4, 0.5) is 8.78 Å². The van der Waals surface area contributed by atoms with Crippen molar-refractivity contribution < 1.29 is 18.3 Å². The first-order valence-corrected chi connectivity index (χ1v) is 16.9. The van der Waals surface area contributed by atoms with Gasteiger partial charge >= 0.3 is 0 Å². The summed E-state index contributed by atoms with van der Waals surface area (Å²) in [6.45, 7) is 17.4. The number of hydrogen-bond donors (Lipinski definition) is 0. The van der Waals surface area contributed by atoms with Gasteiger partial charge in [0.1, 0.15) is 11.6 Å². The van der Waals surface area contributed by atoms with Gasteiger partial charge in [0.15, 0.2) is 10.0 Å². The molecule has 2 aromatic heterocycles. The first-order chi connectivity index (χ1) is 20.4. The van der Waals surface area contributed by atoms with E-state index in [9.17, 15) is 8.78 Å². The maximum absolute atomic E-state index is 12.9. The highest BCUT2D eigenvalue weighted by Crippen LogP contribution is 2.39. The molecular weight excluding hydrogens is 722 g/mol. The van der Waals surface area contributed by atoms with E-state index in [2.05, 4.69) is 51.5 Å². The molecule has 228 valence electrons. The van der Waals surface area contributed by atoms with E-state index in [1.165, 1.54) is 46.9 Å². The van der Waals surface area contributed by atoms with Crippen molar-refractivity contribution in [3.05, 3.63) is 104 Å². The number of halogens is 4. The van der Waals surface area contributed by atoms with Gasteiger partial charge in [-0.05, 0) is 48.5 Å². The Morgan fingerprint density at radius 3 is 1.84 bits per heavy atom. The van der Waals surface area contributed by atoms with E-state index < -0.39 is 5.54 Å². The van der Waals surface area contributed by atoms with Crippen LogP contribution in [0.25, 0.3) is 32.2 Å². The SMILES string of the molecule is BrCCOCCBr.C.[C-]#[N+]C1(c2nc(-c3ccc(F)cc3)cs2)CCOCC1.[C-]#[N+]Cc1nc(-c2ccc(F)cc2)cs1. The summed E-state index contributed by atoms with van der Waals surface area (Å²) >= 11 is 9.44. The molecule has 0 unspecified atom stereocenters. The van der Waals surface area contributed by atoms with Gasteiger partial charge in [-0.15, -0.1) is 22.7 Å². The van der Waals surface area contributed by atoms with Crippen molar-refractivity contribution >= 4 is 54.5 Å². The van der Waals surface area contributed by atoms with Gasteiger partial charge in [0.25, 0.3) is 12.1 Å². The number of thiazole rings is 2. The molecule has 0 spiro atoms. The van der Waals surface area contributed by atoms with Crippen LogP contribution in [0.1, 0.15) is 30.3 Å². The molecule has 0 bridgehead atoms. The first-order valence-electron chi connectivity index (χ1n) is 12.9. The Kier molecular flexibility index (Phi) is 16.7. The molecule has 5 rings (SSSR count). The van der Waals surface area contributed by atoms with Crippen LogP contribution < -0.4 is 0 Å². The van der Waals surface area contributed by atoms with E-state index >= 15 is 0 Å². The monoisotopic (exact) mass is 752 g/mol. The van der Waals surface area contributed by atoms with E-state index in [1.54, 1.807) is 24.3 Å². The van der Waals surface area contributed by atoms with Crippen molar-refractivity contribution in [2.45, 2.75) is 32.4 Å². The van der Waals surface area contributed by atoms with Crippen LogP contribution in [0.2, 0.25) is 0 Å². The number of aromatic nitrogens is 2. The molecule has 2 aromatic carbocycles. The second-order valence-corrected chi connectivity index (χ2v) is 12.1. The van der Waals surface area contributed by atoms with Gasteiger partial charge in [-0.2, -0.15) is 0 Å². The van der Waals surface area contributed by atoms with Gasteiger partial charge in [0, 0.05) is 32.5 Å². The zero-order valence-corrected chi connectivity index (χ0v) is 27.4. The van der Waals surface area contributed by atoms with Crippen molar-refractivity contribution in [1.29, 1.82) is 0 Å². The minimum atomic E-state index is -0.540. The number of rotatable bonds is 8. The van der Waals surface area contributed by atoms with Crippen LogP contribution in [-0.4, -0.2) is 47.1 Å². The van der Waals surface area contributed by atoms with E-state index in [0.717, 1.165) is 56.4 Å². The number of hydrogen-bond acceptors (Lipinski definition) is 6. The van der Waals surface area contributed by atoms with Crippen LogP contribution in [-0.2, 0) is 21.6 Å². The molecule has 4 aromatic rings. The summed E-state index contributed by atoms with van der Waals surface area (Å²) in [4.78, 5) is 16.0. The highest BCUT2D eigenvalue weighted by Gasteiger charge is 2.43. The molecule has 0 aliphatic carbocycles. The summed E-state index contributed by atoms with van der Waals surface area (Å²) in [5, 5.41) is 7.32. The standard InChI is InChI=1S/C15H13FN2OS.C11H7FN2S.C4H8Br2O.CH4/c1-17-15(6-8-19-9-7-15)14-18-13(10-20-14)11-2-4-12(16)5-3-11;1-13-6-11-14-10(7-15-11)8-2-4-9(12)5-3-8;5-1-3-7-4-2-6;/h2-5,10H,6-9H2;2-5,7H,6H2;1-4H2;1H4. The Morgan fingerprint density at radius 1 is 0.837 bits per heavy atom. The summed E-state index contributed by atoms with van der Waals surface area (Å²) in [6, 6.07) is 12.5. The number of benzene rings is 2. The molecule has 3 heterocycles. The fourth-order valence-corrected chi connectivity index (χ4v) is 5.96. The number of alkyl halides is 2. The molecule has 1 fully saturated rings. The molecule has 0 saturated carbocycles. The van der Waals surface area contributed by atoms with Gasteiger partial charge < -0.3 is 19.2 Å². The third-order valence-electron chi connectivity index (χ3n) is 5.93. The van der Waals surface area contributed by atoms with Crippen molar-refractivity contribution in [1.82, 2.24) is 9.97 Å². The Labute approximate surface area is 277 Å². The minimum Gasteiger partial charge on any atom is -0.381 e. The van der Waals surface area contributed by atoms with Crippen LogP contribution in [0.3, 0.4) is 0 Å². The highest BCUT2D eigenvalue weighted by molar-refractivity contribution is 9.09. The normalized spacial score (nSPS) is 13.2. The topological polar surface area (TPSA) is 53.0 Å². The molecule has 0 N–H and O–H groups in total. The number of nitrogens with zero attached hydrogens (tertiary/aromatic N) is 4. The van der Waals surface area contributed by atoms with Gasteiger partial charge in [-0.1, -0.05) is 39.3 Å². The molecule has 6 nitrogen and oxygen atoms in total. The molecule has 1 aliphatic rings. The lowest BCUT2D eigenvalue weighted by molar-refractivity contribution is 0.0646. The fraction of sp³-hybridized carbons (Fsp3) is 0.355. The van der Waals surface area contributed by atoms with Crippen LogP contribution >= 0.6 is 54.5 Å². The van der Waals surface area contributed by atoms with E-state index in [1.807, 2.05) is 10.8 Å². The molecule has 0 amide bonds. The van der Waals surface area contributed by atoms with Crippen LogP contribution in [0, 0.1) is 24.8 Å². The van der Waals surface area contributed by atoms with Gasteiger partial charge in [-0.25, -0.2) is 31.9 Å². The van der Waals surface area contributed by atoms with Crippen molar-refractivity contribution in [2.75, 3.05) is 37.1 Å². The summed E-state index contributed by atoms with van der Waals surface area (Å²) in [5.74, 6) is -0.512. The molecule has 43 heavy (non-hydrogen) atoms. The Morgan fingerprint density at radius 2 is 1.35 bits per heavy atom. The second-order valence-electron chi connectivity index (χ2n) is 8.74. The molecule has 1 saturated heterocycles. The average molecular weight is 755 g/mol.